The number of nitrogens with two attached hydrogens (primary N) is 1. The van der Waals surface area contributed by atoms with Crippen LogP contribution in [0.1, 0.15) is 27.2 Å². The Bertz CT molecular complexity index is 544. The first-order valence-corrected chi connectivity index (χ1v) is 6.23. The number of anilines is 1. The molecule has 1 aromatic heterocycles. The van der Waals surface area contributed by atoms with E-state index in [9.17, 15) is 0 Å². The van der Waals surface area contributed by atoms with E-state index >= 15 is 0 Å². The molecule has 0 amide bonds. The molecule has 2 aromatic rings. The highest BCUT2D eigenvalue weighted by Gasteiger charge is 2.10. The molecule has 0 unspecified atom stereocenters. The highest BCUT2D eigenvalue weighted by molar-refractivity contribution is 5.82. The van der Waals surface area contributed by atoms with Crippen LogP contribution in [-0.4, -0.2) is 11.6 Å². The van der Waals surface area contributed by atoms with Gasteiger partial charge in [-0.2, -0.15) is 0 Å². The highest BCUT2D eigenvalue weighted by atomic mass is 16.5. The standard InChI is InChI=1S/C15H20N2O/c1-15(2,3)8-9-18-14-7-4-11-10-12(16)5-6-13(11)17-14/h4-7,10H,8-9,16H2,1-3H3. The van der Waals surface area contributed by atoms with Crippen molar-refractivity contribution >= 4 is 16.6 Å². The number of rotatable bonds is 3. The summed E-state index contributed by atoms with van der Waals surface area (Å²) in [7, 11) is 0. The van der Waals surface area contributed by atoms with Gasteiger partial charge in [0.15, 0.2) is 0 Å². The van der Waals surface area contributed by atoms with E-state index < -0.39 is 0 Å². The third kappa shape index (κ3) is 3.36. The van der Waals surface area contributed by atoms with Crippen LogP contribution in [0.3, 0.4) is 0 Å². The van der Waals surface area contributed by atoms with E-state index in [0.717, 1.165) is 23.0 Å². The minimum absolute atomic E-state index is 0.283. The molecular formula is C15H20N2O. The fourth-order valence-electron chi connectivity index (χ4n) is 1.67. The minimum Gasteiger partial charge on any atom is -0.478 e. The molecule has 18 heavy (non-hydrogen) atoms. The van der Waals surface area contributed by atoms with Crippen molar-refractivity contribution in [3.63, 3.8) is 0 Å². The molecule has 3 heteroatoms. The second kappa shape index (κ2) is 4.84. The molecule has 0 spiro atoms. The molecular weight excluding hydrogens is 224 g/mol. The average molecular weight is 244 g/mol. The lowest BCUT2D eigenvalue weighted by Gasteiger charge is -2.17. The van der Waals surface area contributed by atoms with Crippen molar-refractivity contribution in [1.29, 1.82) is 0 Å². The van der Waals surface area contributed by atoms with Gasteiger partial charge in [0.1, 0.15) is 0 Å². The topological polar surface area (TPSA) is 48.1 Å². The van der Waals surface area contributed by atoms with Crippen molar-refractivity contribution in [2.45, 2.75) is 27.2 Å². The predicted octanol–water partition coefficient (Wildman–Crippen LogP) is 3.63. The fourth-order valence-corrected chi connectivity index (χ4v) is 1.67. The smallest absolute Gasteiger partial charge is 0.213 e. The average Bonchev–Trinajstić information content (AvgIpc) is 2.27. The van der Waals surface area contributed by atoms with E-state index in [2.05, 4.69) is 25.8 Å². The quantitative estimate of drug-likeness (QED) is 0.839. The van der Waals surface area contributed by atoms with Crippen molar-refractivity contribution in [1.82, 2.24) is 4.98 Å². The zero-order valence-electron chi connectivity index (χ0n) is 11.2. The maximum Gasteiger partial charge on any atom is 0.213 e. The maximum atomic E-state index is 5.73. The Morgan fingerprint density at radius 2 is 1.94 bits per heavy atom. The van der Waals surface area contributed by atoms with Crippen molar-refractivity contribution in [3.05, 3.63) is 30.3 Å². The van der Waals surface area contributed by atoms with Crippen LogP contribution >= 0.6 is 0 Å². The van der Waals surface area contributed by atoms with Crippen LogP contribution in [0.25, 0.3) is 10.9 Å². The van der Waals surface area contributed by atoms with E-state index in [1.54, 1.807) is 0 Å². The molecule has 1 heterocycles. The lowest BCUT2D eigenvalue weighted by molar-refractivity contribution is 0.237. The molecule has 3 nitrogen and oxygen atoms in total. The third-order valence-electron chi connectivity index (χ3n) is 2.79. The van der Waals surface area contributed by atoms with E-state index in [1.807, 2.05) is 30.3 Å². The third-order valence-corrected chi connectivity index (χ3v) is 2.79. The second-order valence-electron chi connectivity index (χ2n) is 5.76. The zero-order valence-corrected chi connectivity index (χ0v) is 11.2. The molecule has 1 aromatic carbocycles. The van der Waals surface area contributed by atoms with Crippen LogP contribution in [0.4, 0.5) is 5.69 Å². The molecule has 2 rings (SSSR count). The van der Waals surface area contributed by atoms with Crippen molar-refractivity contribution in [2.75, 3.05) is 12.3 Å². The fraction of sp³-hybridized carbons (Fsp3) is 0.400. The van der Waals surface area contributed by atoms with Crippen LogP contribution in [0.15, 0.2) is 30.3 Å². The van der Waals surface area contributed by atoms with Crippen molar-refractivity contribution in [3.8, 4) is 5.88 Å². The summed E-state index contributed by atoms with van der Waals surface area (Å²) in [4.78, 5) is 4.46. The molecule has 0 atom stereocenters. The van der Waals surface area contributed by atoms with Gasteiger partial charge >= 0.3 is 0 Å². The Morgan fingerprint density at radius 3 is 2.67 bits per heavy atom. The number of fused-ring (bicyclic) bond motifs is 1. The Hall–Kier alpha value is -1.77. The molecule has 0 bridgehead atoms. The summed E-state index contributed by atoms with van der Waals surface area (Å²) in [6.07, 6.45) is 1.01. The first kappa shape index (κ1) is 12.7. The maximum absolute atomic E-state index is 5.73. The van der Waals surface area contributed by atoms with Gasteiger partial charge in [-0.15, -0.1) is 0 Å². The number of aromatic nitrogens is 1. The number of ether oxygens (including phenoxy) is 1. The lowest BCUT2D eigenvalue weighted by Crippen LogP contribution is -2.11. The van der Waals surface area contributed by atoms with Gasteiger partial charge in [0.2, 0.25) is 5.88 Å². The van der Waals surface area contributed by atoms with Gasteiger partial charge in [-0.1, -0.05) is 20.8 Å². The summed E-state index contributed by atoms with van der Waals surface area (Å²) in [5, 5.41) is 1.04. The van der Waals surface area contributed by atoms with E-state index in [-0.39, 0.29) is 5.41 Å². The summed E-state index contributed by atoms with van der Waals surface area (Å²) in [6.45, 7) is 7.30. The van der Waals surface area contributed by atoms with Crippen LogP contribution in [-0.2, 0) is 0 Å². The number of nitrogen functional groups attached to an aromatic ring is 1. The number of hydrogen-bond acceptors (Lipinski definition) is 3. The monoisotopic (exact) mass is 244 g/mol. The van der Waals surface area contributed by atoms with Gasteiger partial charge in [0.05, 0.1) is 12.1 Å². The number of hydrogen-bond donors (Lipinski definition) is 1. The van der Waals surface area contributed by atoms with Crippen molar-refractivity contribution < 1.29 is 4.74 Å². The second-order valence-corrected chi connectivity index (χ2v) is 5.76. The van der Waals surface area contributed by atoms with E-state index in [0.29, 0.717) is 12.5 Å². The molecule has 2 N–H and O–H groups in total. The van der Waals surface area contributed by atoms with Gasteiger partial charge < -0.3 is 10.5 Å². The van der Waals surface area contributed by atoms with Gasteiger partial charge in [-0.05, 0) is 36.1 Å². The van der Waals surface area contributed by atoms with Gasteiger partial charge in [0, 0.05) is 17.1 Å². The summed E-state index contributed by atoms with van der Waals surface area (Å²) >= 11 is 0. The van der Waals surface area contributed by atoms with Crippen LogP contribution in [0.2, 0.25) is 0 Å². The summed E-state index contributed by atoms with van der Waals surface area (Å²) < 4.78 is 5.68. The first-order valence-electron chi connectivity index (χ1n) is 6.23. The molecule has 0 radical (unpaired) electrons. The van der Waals surface area contributed by atoms with Gasteiger partial charge in [-0.3, -0.25) is 0 Å². The Morgan fingerprint density at radius 1 is 1.17 bits per heavy atom. The lowest BCUT2D eigenvalue weighted by atomic mass is 9.93. The Balaban J connectivity index is 2.08. The summed E-state index contributed by atoms with van der Waals surface area (Å²) in [5.41, 5.74) is 7.68. The Kier molecular flexibility index (Phi) is 3.41. The van der Waals surface area contributed by atoms with Crippen LogP contribution in [0, 0.1) is 5.41 Å². The summed E-state index contributed by atoms with van der Waals surface area (Å²) in [6, 6.07) is 9.58. The normalized spacial score (nSPS) is 11.7. The largest absolute Gasteiger partial charge is 0.478 e. The van der Waals surface area contributed by atoms with Crippen LogP contribution in [0.5, 0.6) is 5.88 Å². The predicted molar refractivity (Wildman–Crippen MR) is 75.7 cm³/mol. The van der Waals surface area contributed by atoms with Crippen LogP contribution < -0.4 is 10.5 Å². The Labute approximate surface area is 108 Å². The summed E-state index contributed by atoms with van der Waals surface area (Å²) in [5.74, 6) is 0.677. The van der Waals surface area contributed by atoms with Gasteiger partial charge in [0.25, 0.3) is 0 Å². The molecule has 0 saturated carbocycles. The van der Waals surface area contributed by atoms with E-state index in [4.69, 9.17) is 10.5 Å². The van der Waals surface area contributed by atoms with E-state index in [1.165, 1.54) is 0 Å². The molecule has 0 fully saturated rings. The molecule has 0 aliphatic heterocycles. The number of benzene rings is 1. The molecule has 96 valence electrons. The molecule has 0 saturated heterocycles. The van der Waals surface area contributed by atoms with Gasteiger partial charge in [-0.25, -0.2) is 4.98 Å². The molecule has 0 aliphatic carbocycles. The van der Waals surface area contributed by atoms with Crippen molar-refractivity contribution in [2.24, 2.45) is 5.41 Å². The number of pyridine rings is 1. The number of nitrogens with zero attached hydrogens (tertiary/aromatic N) is 1. The first-order chi connectivity index (χ1) is 8.44. The highest BCUT2D eigenvalue weighted by Crippen LogP contribution is 2.21. The SMILES string of the molecule is CC(C)(C)CCOc1ccc2cc(N)ccc2n1. The zero-order chi connectivity index (χ0) is 13.2. The minimum atomic E-state index is 0.283. The molecule has 0 aliphatic rings.